The summed E-state index contributed by atoms with van der Waals surface area (Å²) >= 11 is 0. The number of anilines is 1. The van der Waals surface area contributed by atoms with Crippen LogP contribution in [0.2, 0.25) is 0 Å². The number of ether oxygens (including phenoxy) is 1. The molecule has 0 saturated carbocycles. The summed E-state index contributed by atoms with van der Waals surface area (Å²) in [7, 11) is 1.61. The highest BCUT2D eigenvalue weighted by molar-refractivity contribution is 6.13. The number of benzene rings is 2. The van der Waals surface area contributed by atoms with Crippen LogP contribution < -0.4 is 5.32 Å². The second-order valence-corrected chi connectivity index (χ2v) is 5.83. The average Bonchev–Trinajstić information content (AvgIpc) is 2.91. The number of methoxy groups -OCH3 is 1. The lowest BCUT2D eigenvalue weighted by Crippen LogP contribution is -2.28. The van der Waals surface area contributed by atoms with Crippen LogP contribution in [0.25, 0.3) is 0 Å². The average molecular weight is 324 g/mol. The van der Waals surface area contributed by atoms with Gasteiger partial charge in [-0.1, -0.05) is 30.3 Å². The predicted molar refractivity (Wildman–Crippen MR) is 92.2 cm³/mol. The van der Waals surface area contributed by atoms with Gasteiger partial charge < -0.3 is 15.0 Å². The van der Waals surface area contributed by atoms with Crippen LogP contribution in [0.15, 0.2) is 42.5 Å². The smallest absolute Gasteiger partial charge is 0.256 e. The number of fused-ring (bicyclic) bond motifs is 1. The molecule has 0 fully saturated rings. The van der Waals surface area contributed by atoms with Crippen LogP contribution in [0.1, 0.15) is 31.8 Å². The molecule has 24 heavy (non-hydrogen) atoms. The SMILES string of the molecule is COCCN1Cc2cccc(C(=O)Nc3ccccc3C)c2C1=O. The lowest BCUT2D eigenvalue weighted by Gasteiger charge is -2.14. The third-order valence-corrected chi connectivity index (χ3v) is 4.22. The molecule has 0 atom stereocenters. The van der Waals surface area contributed by atoms with Crippen LogP contribution in [0, 0.1) is 6.92 Å². The number of carbonyl (C=O) groups is 2. The summed E-state index contributed by atoms with van der Waals surface area (Å²) in [5, 5.41) is 2.90. The van der Waals surface area contributed by atoms with Crippen LogP contribution in [0.3, 0.4) is 0 Å². The Labute approximate surface area is 141 Å². The van der Waals surface area contributed by atoms with E-state index >= 15 is 0 Å². The van der Waals surface area contributed by atoms with Gasteiger partial charge in [0.2, 0.25) is 0 Å². The van der Waals surface area contributed by atoms with Crippen LogP contribution in [-0.2, 0) is 11.3 Å². The number of carbonyl (C=O) groups excluding carboxylic acids is 2. The van der Waals surface area contributed by atoms with Crippen molar-refractivity contribution in [3.8, 4) is 0 Å². The van der Waals surface area contributed by atoms with Crippen molar-refractivity contribution in [2.75, 3.05) is 25.6 Å². The van der Waals surface area contributed by atoms with Crippen molar-refractivity contribution in [3.63, 3.8) is 0 Å². The van der Waals surface area contributed by atoms with Gasteiger partial charge in [-0.25, -0.2) is 0 Å². The van der Waals surface area contributed by atoms with Crippen molar-refractivity contribution >= 4 is 17.5 Å². The zero-order chi connectivity index (χ0) is 17.1. The molecule has 3 rings (SSSR count). The van der Waals surface area contributed by atoms with Gasteiger partial charge in [-0.15, -0.1) is 0 Å². The van der Waals surface area contributed by atoms with E-state index in [1.165, 1.54) is 0 Å². The highest BCUT2D eigenvalue weighted by atomic mass is 16.5. The Balaban J connectivity index is 1.87. The summed E-state index contributed by atoms with van der Waals surface area (Å²) in [5.41, 5.74) is 3.53. The van der Waals surface area contributed by atoms with Crippen LogP contribution in [-0.4, -0.2) is 37.0 Å². The maximum Gasteiger partial charge on any atom is 0.256 e. The van der Waals surface area contributed by atoms with Gasteiger partial charge in [-0.2, -0.15) is 0 Å². The van der Waals surface area contributed by atoms with E-state index in [-0.39, 0.29) is 11.8 Å². The molecule has 2 amide bonds. The first-order valence-electron chi connectivity index (χ1n) is 7.89. The highest BCUT2D eigenvalue weighted by Crippen LogP contribution is 2.27. The Morgan fingerprint density at radius 1 is 1.21 bits per heavy atom. The zero-order valence-electron chi connectivity index (χ0n) is 13.8. The molecule has 2 aromatic rings. The second kappa shape index (κ2) is 6.84. The summed E-state index contributed by atoms with van der Waals surface area (Å²) in [6.07, 6.45) is 0. The molecule has 2 aromatic carbocycles. The number of amides is 2. The summed E-state index contributed by atoms with van der Waals surface area (Å²) in [6, 6.07) is 13.0. The number of nitrogens with one attached hydrogen (secondary N) is 1. The quantitative estimate of drug-likeness (QED) is 0.920. The number of rotatable bonds is 5. The summed E-state index contributed by atoms with van der Waals surface area (Å²) in [6.45, 7) is 3.44. The molecule has 0 radical (unpaired) electrons. The van der Waals surface area contributed by atoms with E-state index in [1.807, 2.05) is 43.3 Å². The molecule has 1 aliphatic rings. The van der Waals surface area contributed by atoms with Gasteiger partial charge in [0.25, 0.3) is 11.8 Å². The fourth-order valence-corrected chi connectivity index (χ4v) is 2.89. The highest BCUT2D eigenvalue weighted by Gasteiger charge is 2.31. The summed E-state index contributed by atoms with van der Waals surface area (Å²) < 4.78 is 5.05. The van der Waals surface area contributed by atoms with Gasteiger partial charge in [0.05, 0.1) is 17.7 Å². The maximum absolute atomic E-state index is 12.7. The fraction of sp³-hybridized carbons (Fsp3) is 0.263. The maximum atomic E-state index is 12.7. The Kier molecular flexibility index (Phi) is 4.62. The van der Waals surface area contributed by atoms with E-state index in [4.69, 9.17) is 4.74 Å². The number of aryl methyl sites for hydroxylation is 1. The van der Waals surface area contributed by atoms with Gasteiger partial charge >= 0.3 is 0 Å². The molecular formula is C19H20N2O3. The first-order chi connectivity index (χ1) is 11.6. The molecule has 0 aromatic heterocycles. The molecular weight excluding hydrogens is 304 g/mol. The standard InChI is InChI=1S/C19H20N2O3/c1-13-6-3-4-9-16(13)20-18(22)15-8-5-7-14-12-21(10-11-24-2)19(23)17(14)15/h3-9H,10-12H2,1-2H3,(H,20,22). The molecule has 0 saturated heterocycles. The molecule has 5 nitrogen and oxygen atoms in total. The molecule has 0 aliphatic carbocycles. The van der Waals surface area contributed by atoms with Gasteiger partial charge in [0.15, 0.2) is 0 Å². The van der Waals surface area contributed by atoms with Crippen molar-refractivity contribution in [1.29, 1.82) is 0 Å². The largest absolute Gasteiger partial charge is 0.383 e. The van der Waals surface area contributed by atoms with Crippen molar-refractivity contribution in [3.05, 3.63) is 64.7 Å². The Hall–Kier alpha value is -2.66. The molecule has 5 heteroatoms. The first kappa shape index (κ1) is 16.2. The van der Waals surface area contributed by atoms with Gasteiger partial charge in [-0.3, -0.25) is 9.59 Å². The van der Waals surface area contributed by atoms with Gasteiger partial charge in [0, 0.05) is 25.9 Å². The predicted octanol–water partition coefficient (Wildman–Crippen LogP) is 2.85. The van der Waals surface area contributed by atoms with E-state index < -0.39 is 0 Å². The van der Waals surface area contributed by atoms with Gasteiger partial charge in [0.1, 0.15) is 0 Å². The van der Waals surface area contributed by atoms with Gasteiger partial charge in [-0.05, 0) is 30.2 Å². The normalized spacial score (nSPS) is 13.1. The molecule has 0 spiro atoms. The number of nitrogens with zero attached hydrogens (tertiary/aromatic N) is 1. The fourth-order valence-electron chi connectivity index (χ4n) is 2.89. The number of hydrogen-bond donors (Lipinski definition) is 1. The van der Waals surface area contributed by atoms with E-state index in [0.717, 1.165) is 16.8 Å². The third kappa shape index (κ3) is 3.03. The lowest BCUT2D eigenvalue weighted by molar-refractivity contribution is 0.0716. The van der Waals surface area contributed by atoms with E-state index in [2.05, 4.69) is 5.32 Å². The Bertz CT molecular complexity index is 786. The van der Waals surface area contributed by atoms with Crippen molar-refractivity contribution < 1.29 is 14.3 Å². The minimum atomic E-state index is -0.261. The van der Waals surface area contributed by atoms with Crippen LogP contribution in [0.5, 0.6) is 0 Å². The Morgan fingerprint density at radius 3 is 2.75 bits per heavy atom. The monoisotopic (exact) mass is 324 g/mol. The Morgan fingerprint density at radius 2 is 2.00 bits per heavy atom. The van der Waals surface area contributed by atoms with Crippen LogP contribution in [0.4, 0.5) is 5.69 Å². The molecule has 1 heterocycles. The van der Waals surface area contributed by atoms with E-state index in [9.17, 15) is 9.59 Å². The molecule has 1 aliphatic heterocycles. The minimum absolute atomic E-state index is 0.113. The zero-order valence-corrected chi connectivity index (χ0v) is 13.8. The van der Waals surface area contributed by atoms with Crippen LogP contribution >= 0.6 is 0 Å². The third-order valence-electron chi connectivity index (χ3n) is 4.22. The summed E-state index contributed by atoms with van der Waals surface area (Å²) in [5.74, 6) is -0.374. The molecule has 0 unspecified atom stereocenters. The minimum Gasteiger partial charge on any atom is -0.383 e. The molecule has 1 N–H and O–H groups in total. The molecule has 0 bridgehead atoms. The first-order valence-corrected chi connectivity index (χ1v) is 7.89. The van der Waals surface area contributed by atoms with Crippen molar-refractivity contribution in [2.24, 2.45) is 0 Å². The van der Waals surface area contributed by atoms with E-state index in [0.29, 0.717) is 30.8 Å². The second-order valence-electron chi connectivity index (χ2n) is 5.83. The summed E-state index contributed by atoms with van der Waals surface area (Å²) in [4.78, 5) is 27.0. The molecule has 124 valence electrons. The lowest BCUT2D eigenvalue weighted by atomic mass is 10.0. The topological polar surface area (TPSA) is 58.6 Å². The number of para-hydroxylation sites is 1. The van der Waals surface area contributed by atoms with Crippen molar-refractivity contribution in [2.45, 2.75) is 13.5 Å². The number of hydrogen-bond acceptors (Lipinski definition) is 3. The van der Waals surface area contributed by atoms with E-state index in [1.54, 1.807) is 18.1 Å². The van der Waals surface area contributed by atoms with Crippen molar-refractivity contribution in [1.82, 2.24) is 4.90 Å².